The lowest BCUT2D eigenvalue weighted by molar-refractivity contribution is -0.142. The van der Waals surface area contributed by atoms with Gasteiger partial charge >= 0.3 is 11.9 Å². The number of para-hydroxylation sites is 1. The molecule has 0 bridgehead atoms. The number of carbonyl (C=O) groups excluding carboxylic acids is 1. The molecular weight excluding hydrogens is 650 g/mol. The highest BCUT2D eigenvalue weighted by atomic mass is 35.5. The number of hydrogen-bond donors (Lipinski definition) is 6. The molecule has 0 aliphatic carbocycles. The number of carbonyl (C=O) groups is 3. The molecule has 8 N–H and O–H groups in total. The van der Waals surface area contributed by atoms with Crippen LogP contribution in [0.4, 0.5) is 11.4 Å². The number of aryl methyl sites for hydroxylation is 1. The van der Waals surface area contributed by atoms with E-state index in [0.717, 1.165) is 16.5 Å². The van der Waals surface area contributed by atoms with Crippen LogP contribution >= 0.6 is 11.6 Å². The fourth-order valence-electron chi connectivity index (χ4n) is 5.12. The third-order valence-corrected chi connectivity index (χ3v) is 10.1. The maximum atomic E-state index is 13.8. The minimum Gasteiger partial charge on any atom is -0.480 e. The first-order valence-electron chi connectivity index (χ1n) is 13.3. The van der Waals surface area contributed by atoms with Gasteiger partial charge in [-0.2, -0.15) is 0 Å². The number of nitrogens with one attached hydrogen (secondary N) is 2. The smallest absolute Gasteiger partial charge is 0.328 e. The molecular formula is C28H30ClN5O9S2. The highest BCUT2D eigenvalue weighted by molar-refractivity contribution is 7.90. The average molecular weight is 680 g/mol. The number of carboxylic acids is 2. The molecule has 45 heavy (non-hydrogen) atoms. The summed E-state index contributed by atoms with van der Waals surface area (Å²) in [4.78, 5) is 37.9. The number of amides is 1. The van der Waals surface area contributed by atoms with E-state index in [4.69, 9.17) is 22.5 Å². The first-order chi connectivity index (χ1) is 21.0. The van der Waals surface area contributed by atoms with Gasteiger partial charge in [-0.05, 0) is 49.1 Å². The Hall–Kier alpha value is -4.06. The van der Waals surface area contributed by atoms with Crippen molar-refractivity contribution < 1.29 is 41.4 Å². The summed E-state index contributed by atoms with van der Waals surface area (Å²) in [6.07, 6.45) is 0.516. The first-order valence-corrected chi connectivity index (χ1v) is 16.8. The minimum atomic E-state index is -4.76. The van der Waals surface area contributed by atoms with Gasteiger partial charge in [-0.15, -0.1) is 0 Å². The molecule has 14 nitrogen and oxygen atoms in total. The van der Waals surface area contributed by atoms with E-state index < -0.39 is 82.6 Å². The molecule has 4 atom stereocenters. The lowest BCUT2D eigenvalue weighted by Crippen LogP contribution is -2.55. The Morgan fingerprint density at radius 1 is 0.978 bits per heavy atom. The lowest BCUT2D eigenvalue weighted by atomic mass is 10.0. The summed E-state index contributed by atoms with van der Waals surface area (Å²) in [7, 11) is -9.24. The number of primary sulfonamides is 1. The molecule has 0 saturated heterocycles. The fraction of sp³-hybridized carbons (Fsp3) is 0.250. The van der Waals surface area contributed by atoms with Crippen molar-refractivity contribution >= 4 is 60.9 Å². The van der Waals surface area contributed by atoms with Crippen molar-refractivity contribution in [1.82, 2.24) is 10.0 Å². The predicted molar refractivity (Wildman–Crippen MR) is 164 cm³/mol. The molecule has 3 unspecified atom stereocenters. The van der Waals surface area contributed by atoms with Gasteiger partial charge in [0.1, 0.15) is 15.8 Å². The molecule has 240 valence electrons. The molecule has 4 rings (SSSR count). The van der Waals surface area contributed by atoms with E-state index in [0.29, 0.717) is 12.5 Å². The molecule has 0 fully saturated rings. The molecule has 3 aromatic rings. The van der Waals surface area contributed by atoms with Crippen LogP contribution in [-0.4, -0.2) is 63.0 Å². The standard InChI is InChI=1S/C28H30ClN5O9S2/c1-15(32-20(27(36)37)12-11-16-7-3-2-4-8-16)26(35)34-21-10-6-5-9-17(21)24(25(34)28(38)39)33-45(42,43)23-14-22(44(31,40)41)18(29)13-19(23)30/h2-10,13-15,20,24-25,32-33H,11-12,30H2,1H3,(H,36,37)(H,38,39)(H2,31,40,41)/t15-,20?,24?,25?/m0/s1. The van der Waals surface area contributed by atoms with Crippen LogP contribution in [0.5, 0.6) is 0 Å². The van der Waals surface area contributed by atoms with E-state index in [1.165, 1.54) is 31.2 Å². The first kappa shape index (κ1) is 33.8. The van der Waals surface area contributed by atoms with Crippen LogP contribution in [0.15, 0.2) is 76.5 Å². The molecule has 17 heteroatoms. The van der Waals surface area contributed by atoms with Crippen LogP contribution in [0.2, 0.25) is 5.02 Å². The maximum Gasteiger partial charge on any atom is 0.328 e. The lowest BCUT2D eigenvalue weighted by Gasteiger charge is -2.29. The number of carboxylic acid groups (broad SMARTS) is 2. The Bertz CT molecular complexity index is 1860. The van der Waals surface area contributed by atoms with Gasteiger partial charge in [-0.25, -0.2) is 31.5 Å². The van der Waals surface area contributed by atoms with Crippen molar-refractivity contribution in [1.29, 1.82) is 0 Å². The Balaban J connectivity index is 1.66. The molecule has 0 aromatic heterocycles. The van der Waals surface area contributed by atoms with E-state index >= 15 is 0 Å². The number of anilines is 2. The summed E-state index contributed by atoms with van der Waals surface area (Å²) in [6.45, 7) is 1.38. The second-order valence-electron chi connectivity index (χ2n) is 10.3. The second-order valence-corrected chi connectivity index (χ2v) is 13.9. The Kier molecular flexibility index (Phi) is 9.86. The van der Waals surface area contributed by atoms with Crippen molar-refractivity contribution in [2.24, 2.45) is 5.14 Å². The molecule has 3 aromatic carbocycles. The van der Waals surface area contributed by atoms with E-state index in [1.54, 1.807) is 0 Å². The van der Waals surface area contributed by atoms with Crippen LogP contribution in [0, 0.1) is 0 Å². The summed E-state index contributed by atoms with van der Waals surface area (Å²) in [5.41, 5.74) is 6.48. The van der Waals surface area contributed by atoms with Gasteiger partial charge in [0.25, 0.3) is 0 Å². The molecule has 1 heterocycles. The number of nitrogens with two attached hydrogens (primary N) is 2. The largest absolute Gasteiger partial charge is 0.480 e. The molecule has 1 aliphatic rings. The van der Waals surface area contributed by atoms with Gasteiger partial charge in [0.2, 0.25) is 26.0 Å². The SMILES string of the molecule is C[C@H](NC(CCc1ccccc1)C(=O)O)C(=O)N1c2ccccc2C(NS(=O)(=O)c2cc(S(N)(=O)=O)c(Cl)cc2N)C1C(=O)O. The van der Waals surface area contributed by atoms with Crippen LogP contribution in [0.1, 0.15) is 30.5 Å². The van der Waals surface area contributed by atoms with Gasteiger partial charge in [-0.1, -0.05) is 60.1 Å². The van der Waals surface area contributed by atoms with Gasteiger partial charge in [0, 0.05) is 5.69 Å². The van der Waals surface area contributed by atoms with Crippen molar-refractivity contribution in [2.45, 2.75) is 53.7 Å². The van der Waals surface area contributed by atoms with Crippen molar-refractivity contribution in [3.63, 3.8) is 0 Å². The highest BCUT2D eigenvalue weighted by Gasteiger charge is 2.49. The quantitative estimate of drug-likeness (QED) is 0.150. The number of hydrogen-bond acceptors (Lipinski definition) is 9. The molecule has 0 spiro atoms. The van der Waals surface area contributed by atoms with E-state index in [9.17, 15) is 41.4 Å². The minimum absolute atomic E-state index is 0.0710. The number of sulfonamides is 2. The van der Waals surface area contributed by atoms with Crippen molar-refractivity contribution in [3.8, 4) is 0 Å². The number of nitrogens with zero attached hydrogens (tertiary/aromatic N) is 1. The summed E-state index contributed by atoms with van der Waals surface area (Å²) in [6, 6.07) is 10.7. The van der Waals surface area contributed by atoms with E-state index in [1.807, 2.05) is 30.3 Å². The topological polar surface area (TPSA) is 239 Å². The van der Waals surface area contributed by atoms with E-state index in [-0.39, 0.29) is 17.7 Å². The number of nitrogen functional groups attached to an aromatic ring is 1. The second kappa shape index (κ2) is 13.1. The van der Waals surface area contributed by atoms with Crippen LogP contribution in [0.3, 0.4) is 0 Å². The zero-order valence-electron chi connectivity index (χ0n) is 23.6. The van der Waals surface area contributed by atoms with Crippen LogP contribution < -0.4 is 25.8 Å². The molecule has 1 aliphatic heterocycles. The highest BCUT2D eigenvalue weighted by Crippen LogP contribution is 2.41. The number of aliphatic carboxylic acids is 2. The molecule has 0 saturated carbocycles. The van der Waals surface area contributed by atoms with E-state index in [2.05, 4.69) is 10.0 Å². The molecule has 1 amide bonds. The summed E-state index contributed by atoms with van der Waals surface area (Å²) >= 11 is 5.91. The maximum absolute atomic E-state index is 13.8. The fourth-order valence-corrected chi connectivity index (χ4v) is 7.66. The summed E-state index contributed by atoms with van der Waals surface area (Å²) < 4.78 is 53.3. The number of fused-ring (bicyclic) bond motifs is 1. The zero-order chi connectivity index (χ0) is 33.3. The van der Waals surface area contributed by atoms with Crippen LogP contribution in [-0.2, 0) is 40.9 Å². The Morgan fingerprint density at radius 2 is 1.60 bits per heavy atom. The molecule has 0 radical (unpaired) electrons. The third-order valence-electron chi connectivity index (χ3n) is 7.24. The monoisotopic (exact) mass is 679 g/mol. The zero-order valence-corrected chi connectivity index (χ0v) is 26.0. The van der Waals surface area contributed by atoms with Gasteiger partial charge in [-0.3, -0.25) is 19.8 Å². The number of benzene rings is 3. The van der Waals surface area contributed by atoms with Crippen LogP contribution in [0.25, 0.3) is 0 Å². The van der Waals surface area contributed by atoms with Gasteiger partial charge < -0.3 is 15.9 Å². The number of halogens is 1. The summed E-state index contributed by atoms with van der Waals surface area (Å²) in [5, 5.41) is 27.6. The average Bonchev–Trinajstić information content (AvgIpc) is 3.27. The Labute approximate surface area is 264 Å². The number of rotatable bonds is 12. The predicted octanol–water partition coefficient (Wildman–Crippen LogP) is 1.45. The van der Waals surface area contributed by atoms with Gasteiger partial charge in [0.05, 0.1) is 22.8 Å². The normalized spacial score (nSPS) is 17.8. The third kappa shape index (κ3) is 7.27. The van der Waals surface area contributed by atoms with Gasteiger partial charge in [0.15, 0.2) is 6.04 Å². The summed E-state index contributed by atoms with van der Waals surface area (Å²) in [5.74, 6) is -3.62. The van der Waals surface area contributed by atoms with Crippen molar-refractivity contribution in [3.05, 3.63) is 82.9 Å². The van der Waals surface area contributed by atoms with Crippen molar-refractivity contribution in [2.75, 3.05) is 10.6 Å². The Morgan fingerprint density at radius 3 is 2.20 bits per heavy atom.